The molecule has 2 aromatic carbocycles. The number of benzene rings is 2. The Morgan fingerprint density at radius 2 is 1.92 bits per heavy atom. The van der Waals surface area contributed by atoms with Gasteiger partial charge in [0.2, 0.25) is 0 Å². The van der Waals surface area contributed by atoms with Crippen LogP contribution in [0.3, 0.4) is 0 Å². The molecule has 0 saturated carbocycles. The van der Waals surface area contributed by atoms with Gasteiger partial charge >= 0.3 is 0 Å². The van der Waals surface area contributed by atoms with E-state index in [1.165, 1.54) is 4.90 Å². The zero-order valence-corrected chi connectivity index (χ0v) is 16.1. The van der Waals surface area contributed by atoms with Crippen molar-refractivity contribution in [3.63, 3.8) is 0 Å². The minimum atomic E-state index is -0.0603. The van der Waals surface area contributed by atoms with Gasteiger partial charge in [0, 0.05) is 5.02 Å². The number of quaternary nitrogens is 1. The van der Waals surface area contributed by atoms with E-state index in [-0.39, 0.29) is 5.91 Å². The first-order valence-electron chi connectivity index (χ1n) is 8.53. The van der Waals surface area contributed by atoms with Crippen LogP contribution in [0.1, 0.15) is 0 Å². The van der Waals surface area contributed by atoms with Gasteiger partial charge in [0.1, 0.15) is 5.75 Å². The van der Waals surface area contributed by atoms with Crippen molar-refractivity contribution in [1.82, 2.24) is 0 Å². The van der Waals surface area contributed by atoms with Crippen LogP contribution in [-0.2, 0) is 4.79 Å². The van der Waals surface area contributed by atoms with Gasteiger partial charge in [-0.1, -0.05) is 35.3 Å². The molecule has 0 aliphatic carbocycles. The quantitative estimate of drug-likeness (QED) is 0.817. The number of carbonyl (C=O) groups is 1. The molecule has 1 amide bonds. The largest absolute Gasteiger partial charge is 0.495 e. The third-order valence-corrected chi connectivity index (χ3v) is 5.07. The van der Waals surface area contributed by atoms with E-state index in [0.717, 1.165) is 37.6 Å². The predicted octanol–water partition coefficient (Wildman–Crippen LogP) is 2.35. The Kier molecular flexibility index (Phi) is 6.25. The van der Waals surface area contributed by atoms with Crippen molar-refractivity contribution in [2.24, 2.45) is 0 Å². The number of amides is 1. The summed E-state index contributed by atoms with van der Waals surface area (Å²) in [5.74, 6) is 0.819. The van der Waals surface area contributed by atoms with E-state index < -0.39 is 0 Å². The third-order valence-electron chi connectivity index (χ3n) is 4.51. The number of nitrogens with zero attached hydrogens (tertiary/aromatic N) is 1. The highest BCUT2D eigenvalue weighted by Gasteiger charge is 2.24. The molecule has 0 bridgehead atoms. The third kappa shape index (κ3) is 4.61. The van der Waals surface area contributed by atoms with Gasteiger partial charge in [-0.3, -0.25) is 4.79 Å². The highest BCUT2D eigenvalue weighted by Crippen LogP contribution is 2.27. The highest BCUT2D eigenvalue weighted by molar-refractivity contribution is 6.35. The number of nitrogens with one attached hydrogen (secondary N) is 2. The number of halogens is 2. The molecular formula is C19H22Cl2N3O2+. The maximum atomic E-state index is 12.3. The molecule has 0 spiro atoms. The summed E-state index contributed by atoms with van der Waals surface area (Å²) in [6, 6.07) is 13.1. The maximum Gasteiger partial charge on any atom is 0.279 e. The summed E-state index contributed by atoms with van der Waals surface area (Å²) in [6.45, 7) is 3.92. The first-order valence-corrected chi connectivity index (χ1v) is 9.29. The van der Waals surface area contributed by atoms with E-state index in [1.807, 2.05) is 18.2 Å². The summed E-state index contributed by atoms with van der Waals surface area (Å²) in [4.78, 5) is 15.9. The molecule has 0 atom stereocenters. The standard InChI is InChI=1S/C19H21Cl2N3O2/c1-26-18-5-3-2-4-17(18)24-10-8-23(9-11-24)13-19(25)22-16-12-14(20)6-7-15(16)21/h2-7,12H,8-11,13H2,1H3,(H,22,25)/p+1. The van der Waals surface area contributed by atoms with Gasteiger partial charge in [-0.25, -0.2) is 0 Å². The molecule has 0 aromatic heterocycles. The lowest BCUT2D eigenvalue weighted by atomic mass is 10.2. The minimum Gasteiger partial charge on any atom is -0.495 e. The van der Waals surface area contributed by atoms with Crippen molar-refractivity contribution in [1.29, 1.82) is 0 Å². The Hall–Kier alpha value is -1.95. The van der Waals surface area contributed by atoms with Crippen molar-refractivity contribution in [2.45, 2.75) is 0 Å². The Bertz CT molecular complexity index is 777. The highest BCUT2D eigenvalue weighted by atomic mass is 35.5. The normalized spacial score (nSPS) is 15.0. The molecule has 0 unspecified atom stereocenters. The Balaban J connectivity index is 1.54. The second-order valence-corrected chi connectivity index (χ2v) is 7.10. The zero-order valence-electron chi connectivity index (χ0n) is 14.6. The molecule has 2 N–H and O–H groups in total. The molecule has 26 heavy (non-hydrogen) atoms. The fraction of sp³-hybridized carbons (Fsp3) is 0.316. The van der Waals surface area contributed by atoms with Crippen LogP contribution in [0.15, 0.2) is 42.5 Å². The molecule has 5 nitrogen and oxygen atoms in total. The minimum absolute atomic E-state index is 0.0603. The van der Waals surface area contributed by atoms with Gasteiger partial charge in [0.05, 0.1) is 49.7 Å². The van der Waals surface area contributed by atoms with Gasteiger partial charge in [0.15, 0.2) is 6.54 Å². The second kappa shape index (κ2) is 8.62. The molecular weight excluding hydrogens is 373 g/mol. The summed E-state index contributed by atoms with van der Waals surface area (Å²) in [5.41, 5.74) is 1.65. The number of methoxy groups -OCH3 is 1. The number of ether oxygens (including phenoxy) is 1. The summed E-state index contributed by atoms with van der Waals surface area (Å²) in [6.07, 6.45) is 0. The second-order valence-electron chi connectivity index (χ2n) is 6.26. The van der Waals surface area contributed by atoms with E-state index in [2.05, 4.69) is 16.3 Å². The van der Waals surface area contributed by atoms with Crippen LogP contribution in [0.25, 0.3) is 0 Å². The number of piperazine rings is 1. The molecule has 1 fully saturated rings. The van der Waals surface area contributed by atoms with Crippen LogP contribution in [0.4, 0.5) is 11.4 Å². The summed E-state index contributed by atoms with van der Waals surface area (Å²) < 4.78 is 5.44. The SMILES string of the molecule is COc1ccccc1N1CC[NH+](CC(=O)Nc2cc(Cl)ccc2Cl)CC1. The van der Waals surface area contributed by atoms with Gasteiger partial charge in [-0.2, -0.15) is 0 Å². The van der Waals surface area contributed by atoms with E-state index in [4.69, 9.17) is 27.9 Å². The van der Waals surface area contributed by atoms with Crippen LogP contribution in [-0.4, -0.2) is 45.7 Å². The van der Waals surface area contributed by atoms with Crippen molar-refractivity contribution in [3.05, 3.63) is 52.5 Å². The van der Waals surface area contributed by atoms with Gasteiger partial charge in [0.25, 0.3) is 5.91 Å². The molecule has 1 aliphatic rings. The van der Waals surface area contributed by atoms with Gasteiger partial charge < -0.3 is 19.9 Å². The smallest absolute Gasteiger partial charge is 0.279 e. The van der Waals surface area contributed by atoms with Gasteiger partial charge in [-0.15, -0.1) is 0 Å². The van der Waals surface area contributed by atoms with Crippen molar-refractivity contribution in [2.75, 3.05) is 50.1 Å². The first kappa shape index (κ1) is 18.8. The average molecular weight is 395 g/mol. The van der Waals surface area contributed by atoms with Crippen molar-refractivity contribution in [3.8, 4) is 5.75 Å². The molecule has 0 radical (unpaired) electrons. The van der Waals surface area contributed by atoms with E-state index in [1.54, 1.807) is 25.3 Å². The maximum absolute atomic E-state index is 12.3. The Morgan fingerprint density at radius 1 is 1.19 bits per heavy atom. The molecule has 138 valence electrons. The van der Waals surface area contributed by atoms with E-state index >= 15 is 0 Å². The molecule has 3 rings (SSSR count). The number of hydrogen-bond acceptors (Lipinski definition) is 3. The lowest BCUT2D eigenvalue weighted by molar-refractivity contribution is -0.892. The van der Waals surface area contributed by atoms with Crippen LogP contribution >= 0.6 is 23.2 Å². The molecule has 1 heterocycles. The Morgan fingerprint density at radius 3 is 2.65 bits per heavy atom. The number of carbonyl (C=O) groups excluding carboxylic acids is 1. The Labute approximate surface area is 163 Å². The summed E-state index contributed by atoms with van der Waals surface area (Å²) in [7, 11) is 1.69. The van der Waals surface area contributed by atoms with E-state index in [9.17, 15) is 4.79 Å². The van der Waals surface area contributed by atoms with Crippen molar-refractivity contribution >= 4 is 40.5 Å². The fourth-order valence-electron chi connectivity index (χ4n) is 3.15. The van der Waals surface area contributed by atoms with E-state index in [0.29, 0.717) is 22.3 Å². The van der Waals surface area contributed by atoms with Crippen LogP contribution < -0.4 is 19.9 Å². The fourth-order valence-corrected chi connectivity index (χ4v) is 3.48. The molecule has 2 aromatic rings. The van der Waals surface area contributed by atoms with Crippen LogP contribution in [0, 0.1) is 0 Å². The zero-order chi connectivity index (χ0) is 18.5. The molecule has 7 heteroatoms. The first-order chi connectivity index (χ1) is 12.6. The monoisotopic (exact) mass is 394 g/mol. The number of para-hydroxylation sites is 2. The average Bonchev–Trinajstić information content (AvgIpc) is 2.65. The predicted molar refractivity (Wildman–Crippen MR) is 106 cm³/mol. The van der Waals surface area contributed by atoms with Crippen molar-refractivity contribution < 1.29 is 14.4 Å². The number of rotatable bonds is 5. The summed E-state index contributed by atoms with van der Waals surface area (Å²) >= 11 is 12.1. The number of hydrogen-bond donors (Lipinski definition) is 2. The topological polar surface area (TPSA) is 46.0 Å². The molecule has 1 aliphatic heterocycles. The van der Waals surface area contributed by atoms with Crippen LogP contribution in [0.2, 0.25) is 10.0 Å². The number of anilines is 2. The lowest BCUT2D eigenvalue weighted by Crippen LogP contribution is -3.15. The summed E-state index contributed by atoms with van der Waals surface area (Å²) in [5, 5.41) is 3.88. The van der Waals surface area contributed by atoms with Crippen LogP contribution in [0.5, 0.6) is 5.75 Å². The molecule has 1 saturated heterocycles. The lowest BCUT2D eigenvalue weighted by Gasteiger charge is -2.34. The van der Waals surface area contributed by atoms with Gasteiger partial charge in [-0.05, 0) is 30.3 Å².